The third-order valence-corrected chi connectivity index (χ3v) is 6.79. The van der Waals surface area contributed by atoms with E-state index in [-0.39, 0.29) is 0 Å². The molecule has 0 radical (unpaired) electrons. The number of thiazole rings is 1. The van der Waals surface area contributed by atoms with E-state index in [4.69, 9.17) is 23.9 Å². The molecule has 0 saturated carbocycles. The van der Waals surface area contributed by atoms with Gasteiger partial charge in [-0.05, 0) is 49.2 Å². The Balaban J connectivity index is 1.36. The van der Waals surface area contributed by atoms with E-state index in [9.17, 15) is 0 Å². The summed E-state index contributed by atoms with van der Waals surface area (Å²) in [6, 6.07) is 12.6. The monoisotopic (exact) mass is 438 g/mol. The van der Waals surface area contributed by atoms with Crippen molar-refractivity contribution >= 4 is 11.3 Å². The Hall–Kier alpha value is -2.77. The second-order valence-corrected chi connectivity index (χ2v) is 8.57. The van der Waals surface area contributed by atoms with Gasteiger partial charge >= 0.3 is 0 Å². The van der Waals surface area contributed by atoms with Crippen LogP contribution in [0, 0.1) is 0 Å². The summed E-state index contributed by atoms with van der Waals surface area (Å²) in [5.41, 5.74) is 3.32. The van der Waals surface area contributed by atoms with Gasteiger partial charge in [0.1, 0.15) is 18.2 Å². The van der Waals surface area contributed by atoms with E-state index in [1.54, 1.807) is 25.6 Å². The lowest BCUT2D eigenvalue weighted by molar-refractivity contribution is 0.170. The Morgan fingerprint density at radius 3 is 2.81 bits per heavy atom. The molecule has 31 heavy (non-hydrogen) atoms. The van der Waals surface area contributed by atoms with Crippen LogP contribution in [0.3, 0.4) is 0 Å². The van der Waals surface area contributed by atoms with E-state index >= 15 is 0 Å². The van der Waals surface area contributed by atoms with Crippen LogP contribution >= 0.6 is 11.3 Å². The molecule has 0 amide bonds. The molecular formula is C24H26N2O4S. The molecule has 6 nitrogen and oxygen atoms in total. The Labute approximate surface area is 186 Å². The Kier molecular flexibility index (Phi) is 5.70. The van der Waals surface area contributed by atoms with Gasteiger partial charge in [0.05, 0.1) is 25.5 Å². The quantitative estimate of drug-likeness (QED) is 0.544. The first-order chi connectivity index (χ1) is 15.3. The van der Waals surface area contributed by atoms with Crippen molar-refractivity contribution in [3.63, 3.8) is 0 Å². The third-order valence-electron chi connectivity index (χ3n) is 5.86. The minimum Gasteiger partial charge on any atom is -0.493 e. The number of hydrogen-bond acceptors (Lipinski definition) is 7. The van der Waals surface area contributed by atoms with E-state index in [1.807, 2.05) is 24.3 Å². The second-order valence-electron chi connectivity index (χ2n) is 7.72. The van der Waals surface area contributed by atoms with Gasteiger partial charge in [0.15, 0.2) is 23.0 Å². The molecule has 2 aromatic carbocycles. The van der Waals surface area contributed by atoms with Crippen molar-refractivity contribution < 1.29 is 18.9 Å². The fourth-order valence-corrected chi connectivity index (χ4v) is 5.26. The predicted octanol–water partition coefficient (Wildman–Crippen LogP) is 4.94. The van der Waals surface area contributed by atoms with Crippen molar-refractivity contribution in [1.82, 2.24) is 9.88 Å². The maximum absolute atomic E-state index is 5.79. The first-order valence-electron chi connectivity index (χ1n) is 10.6. The predicted molar refractivity (Wildman–Crippen MR) is 120 cm³/mol. The molecule has 0 spiro atoms. The normalized spacial score (nSPS) is 18.2. The first kappa shape index (κ1) is 20.2. The molecule has 1 atom stereocenters. The zero-order valence-electron chi connectivity index (χ0n) is 17.8. The van der Waals surface area contributed by atoms with Crippen LogP contribution in [-0.2, 0) is 6.54 Å². The number of methoxy groups -OCH3 is 2. The summed E-state index contributed by atoms with van der Waals surface area (Å²) in [5, 5.41) is 3.09. The second kappa shape index (κ2) is 8.77. The lowest BCUT2D eigenvalue weighted by Crippen LogP contribution is -2.23. The van der Waals surface area contributed by atoms with Gasteiger partial charge in [0.25, 0.3) is 0 Å². The largest absolute Gasteiger partial charge is 0.493 e. The van der Waals surface area contributed by atoms with Crippen molar-refractivity contribution in [2.24, 2.45) is 0 Å². The number of aromatic nitrogens is 1. The van der Waals surface area contributed by atoms with Crippen molar-refractivity contribution in [1.29, 1.82) is 0 Å². The Morgan fingerprint density at radius 1 is 1.10 bits per heavy atom. The molecule has 1 aromatic heterocycles. The number of benzene rings is 2. The van der Waals surface area contributed by atoms with Crippen LogP contribution in [0.1, 0.15) is 30.1 Å². The topological polar surface area (TPSA) is 53.1 Å². The van der Waals surface area contributed by atoms with Crippen LogP contribution in [-0.4, -0.2) is 43.9 Å². The summed E-state index contributed by atoms with van der Waals surface area (Å²) >= 11 is 1.64. The van der Waals surface area contributed by atoms with E-state index < -0.39 is 0 Å². The maximum Gasteiger partial charge on any atom is 0.170 e. The number of para-hydroxylation sites is 1. The lowest BCUT2D eigenvalue weighted by Gasteiger charge is -2.26. The highest BCUT2D eigenvalue weighted by molar-refractivity contribution is 7.13. The van der Waals surface area contributed by atoms with E-state index in [2.05, 4.69) is 22.4 Å². The molecule has 5 rings (SSSR count). The lowest BCUT2D eigenvalue weighted by atomic mass is 10.0. The molecular weight excluding hydrogens is 412 g/mol. The highest BCUT2D eigenvalue weighted by atomic mass is 32.1. The van der Waals surface area contributed by atoms with Crippen LogP contribution in [0.25, 0.3) is 10.6 Å². The number of fused-ring (bicyclic) bond motifs is 1. The average molecular weight is 439 g/mol. The van der Waals surface area contributed by atoms with Crippen molar-refractivity contribution in [3.8, 4) is 33.6 Å². The molecule has 0 N–H and O–H groups in total. The first-order valence-corrected chi connectivity index (χ1v) is 11.4. The molecule has 2 aliphatic heterocycles. The number of likely N-dealkylation sites (tertiary alicyclic amines) is 1. The number of rotatable bonds is 6. The summed E-state index contributed by atoms with van der Waals surface area (Å²) in [6.45, 7) is 3.11. The SMILES string of the molecule is COc1cccc(-c2nc(CN3CCCC3c3ccc4c(c3)OCCO4)cs2)c1OC. The van der Waals surface area contributed by atoms with Crippen LogP contribution in [0.15, 0.2) is 41.8 Å². The van der Waals surface area contributed by atoms with Gasteiger partial charge in [-0.3, -0.25) is 4.90 Å². The molecule has 2 aliphatic rings. The summed E-state index contributed by atoms with van der Waals surface area (Å²) in [6.07, 6.45) is 2.32. The van der Waals surface area contributed by atoms with Crippen LogP contribution in [0.2, 0.25) is 0 Å². The zero-order chi connectivity index (χ0) is 21.2. The zero-order valence-corrected chi connectivity index (χ0v) is 18.6. The van der Waals surface area contributed by atoms with Crippen molar-refractivity contribution in [2.45, 2.75) is 25.4 Å². The van der Waals surface area contributed by atoms with Gasteiger partial charge in [-0.2, -0.15) is 0 Å². The van der Waals surface area contributed by atoms with E-state index in [1.165, 1.54) is 12.0 Å². The molecule has 3 aromatic rings. The molecule has 1 saturated heterocycles. The molecule has 0 bridgehead atoms. The van der Waals surface area contributed by atoms with Gasteiger partial charge in [0, 0.05) is 18.0 Å². The standard InChI is InChI=1S/C24H26N2O4S/c1-27-21-7-3-5-18(23(21)28-2)24-25-17(15-31-24)14-26-10-4-6-19(26)16-8-9-20-22(13-16)30-12-11-29-20/h3,5,7-9,13,15,19H,4,6,10-12,14H2,1-2H3. The summed E-state index contributed by atoms with van der Waals surface area (Å²) in [5.74, 6) is 3.14. The minimum absolute atomic E-state index is 0.368. The number of hydrogen-bond donors (Lipinski definition) is 0. The van der Waals surface area contributed by atoms with Gasteiger partial charge in [0.2, 0.25) is 0 Å². The summed E-state index contributed by atoms with van der Waals surface area (Å²) in [4.78, 5) is 7.43. The minimum atomic E-state index is 0.368. The van der Waals surface area contributed by atoms with Gasteiger partial charge in [-0.15, -0.1) is 11.3 Å². The van der Waals surface area contributed by atoms with Crippen LogP contribution in [0.4, 0.5) is 0 Å². The van der Waals surface area contributed by atoms with Crippen molar-refractivity contribution in [2.75, 3.05) is 34.0 Å². The fourth-order valence-electron chi connectivity index (χ4n) is 4.43. The van der Waals surface area contributed by atoms with Crippen LogP contribution in [0.5, 0.6) is 23.0 Å². The molecule has 162 valence electrons. The number of ether oxygens (including phenoxy) is 4. The third kappa shape index (κ3) is 3.95. The molecule has 0 aliphatic carbocycles. The fraction of sp³-hybridized carbons (Fsp3) is 0.375. The molecule has 7 heteroatoms. The summed E-state index contributed by atoms with van der Waals surface area (Å²) < 4.78 is 22.5. The van der Waals surface area contributed by atoms with Gasteiger partial charge in [-0.1, -0.05) is 12.1 Å². The van der Waals surface area contributed by atoms with Gasteiger partial charge < -0.3 is 18.9 Å². The Bertz CT molecular complexity index is 1070. The maximum atomic E-state index is 5.79. The summed E-state index contributed by atoms with van der Waals surface area (Å²) in [7, 11) is 3.32. The molecule has 1 fully saturated rings. The number of nitrogens with zero attached hydrogens (tertiary/aromatic N) is 2. The van der Waals surface area contributed by atoms with Gasteiger partial charge in [-0.25, -0.2) is 4.98 Å². The van der Waals surface area contributed by atoms with Crippen LogP contribution < -0.4 is 18.9 Å². The van der Waals surface area contributed by atoms with Crippen molar-refractivity contribution in [3.05, 3.63) is 53.0 Å². The van der Waals surface area contributed by atoms with E-state index in [0.717, 1.165) is 58.8 Å². The smallest absolute Gasteiger partial charge is 0.170 e. The van der Waals surface area contributed by atoms with E-state index in [0.29, 0.717) is 19.3 Å². The average Bonchev–Trinajstić information content (AvgIpc) is 3.48. The molecule has 3 heterocycles. The highest BCUT2D eigenvalue weighted by Gasteiger charge is 2.28. The molecule has 1 unspecified atom stereocenters. The highest BCUT2D eigenvalue weighted by Crippen LogP contribution is 2.41. The Morgan fingerprint density at radius 2 is 1.97 bits per heavy atom.